The number of carbonyl (C=O) groups is 4. The standard InChI is InChI=1S/C26H40O3.C21H30O3.C5H12.CH4/c1-7-8-9-13-21-22(16-14-19(4)5)24(27)23(26(29)25(21)28)17-15-20(6)12-10-11-18(2)3;1-5-6-7-11-17-14-19(22)18(21(24)20(17)23)13-12-16(4)10-8-9-15(2)3;1-4-5(2)3;/h11,15,19,27H,7-10,12-14,16-17H2,1-6H3;9,12,14,24H,5-8,10-11,13H2,1-4H3;5H,4H2,1-3H3;1H4/b20-15+;16-12+;;. The molecule has 0 aromatic rings. The van der Waals surface area contributed by atoms with Crippen molar-refractivity contribution < 1.29 is 29.4 Å². The zero-order valence-electron chi connectivity index (χ0n) is 39.1. The lowest BCUT2D eigenvalue weighted by molar-refractivity contribution is -0.132. The van der Waals surface area contributed by atoms with Crippen LogP contribution in [0.25, 0.3) is 0 Å². The van der Waals surface area contributed by atoms with E-state index in [1.807, 2.05) is 26.0 Å². The van der Waals surface area contributed by atoms with E-state index in [2.05, 4.69) is 88.3 Å². The van der Waals surface area contributed by atoms with Gasteiger partial charge in [-0.05, 0) is 137 Å². The molecule has 334 valence electrons. The van der Waals surface area contributed by atoms with Gasteiger partial charge in [0, 0.05) is 27.9 Å². The number of aliphatic hydroxyl groups is 2. The van der Waals surface area contributed by atoms with Crippen LogP contribution < -0.4 is 0 Å². The van der Waals surface area contributed by atoms with Crippen molar-refractivity contribution in [1.29, 1.82) is 0 Å². The van der Waals surface area contributed by atoms with Gasteiger partial charge in [0.2, 0.25) is 17.3 Å². The van der Waals surface area contributed by atoms with Crippen LogP contribution in [0.2, 0.25) is 0 Å². The molecule has 0 saturated heterocycles. The van der Waals surface area contributed by atoms with Crippen LogP contribution in [0, 0.1) is 11.8 Å². The second kappa shape index (κ2) is 32.0. The molecular weight excluding hydrogens is 733 g/mol. The Bertz CT molecular complexity index is 1600. The minimum Gasteiger partial charge on any atom is -0.507 e. The van der Waals surface area contributed by atoms with Gasteiger partial charge in [0.1, 0.15) is 5.76 Å². The van der Waals surface area contributed by atoms with Crippen molar-refractivity contribution in [3.05, 3.63) is 92.1 Å². The van der Waals surface area contributed by atoms with E-state index in [4.69, 9.17) is 0 Å². The zero-order chi connectivity index (χ0) is 44.4. The summed E-state index contributed by atoms with van der Waals surface area (Å²) in [6, 6.07) is 0. The van der Waals surface area contributed by atoms with E-state index in [9.17, 15) is 29.4 Å². The fraction of sp³-hybridized carbons (Fsp3) is 0.623. The fourth-order valence-electron chi connectivity index (χ4n) is 6.15. The first kappa shape index (κ1) is 57.3. The Labute approximate surface area is 361 Å². The highest BCUT2D eigenvalue weighted by Crippen LogP contribution is 2.34. The molecule has 0 bridgehead atoms. The van der Waals surface area contributed by atoms with Gasteiger partial charge in [0.05, 0.1) is 0 Å². The first-order valence-electron chi connectivity index (χ1n) is 22.4. The molecular formula is C53H86O6. The van der Waals surface area contributed by atoms with Crippen molar-refractivity contribution in [1.82, 2.24) is 0 Å². The Morgan fingerprint density at radius 3 is 1.46 bits per heavy atom. The lowest BCUT2D eigenvalue weighted by Gasteiger charge is -2.22. The number of allylic oxidation sites excluding steroid dienone is 14. The molecule has 2 N–H and O–H groups in total. The molecule has 6 heteroatoms. The molecule has 0 atom stereocenters. The fourth-order valence-corrected chi connectivity index (χ4v) is 6.15. The number of hydrogen-bond acceptors (Lipinski definition) is 6. The van der Waals surface area contributed by atoms with E-state index in [-0.39, 0.29) is 41.7 Å². The third kappa shape index (κ3) is 23.5. The van der Waals surface area contributed by atoms with Crippen LogP contribution in [-0.4, -0.2) is 33.3 Å². The topological polar surface area (TPSA) is 109 Å². The highest BCUT2D eigenvalue weighted by Gasteiger charge is 2.34. The molecule has 0 heterocycles. The number of unbranched alkanes of at least 4 members (excludes halogenated alkanes) is 4. The SMILES string of the molecule is C.CCC(C)C.CCCCCC1=C(CCC(C)C)C(O)=C(C/C=C(\C)CCC=C(C)C)C(=O)C1=O.CCCCCC1=CC(=O)C(C/C=C(\C)CCC=C(C)C)=C(O)C1=O. The van der Waals surface area contributed by atoms with E-state index in [0.717, 1.165) is 82.1 Å². The van der Waals surface area contributed by atoms with Crippen molar-refractivity contribution in [2.75, 3.05) is 0 Å². The average molecular weight is 819 g/mol. The van der Waals surface area contributed by atoms with Gasteiger partial charge < -0.3 is 10.2 Å². The van der Waals surface area contributed by atoms with Crippen LogP contribution in [0.3, 0.4) is 0 Å². The van der Waals surface area contributed by atoms with Gasteiger partial charge in [-0.25, -0.2) is 0 Å². The Hall–Kier alpha value is -3.80. The molecule has 59 heavy (non-hydrogen) atoms. The summed E-state index contributed by atoms with van der Waals surface area (Å²) in [5.41, 5.74) is 7.11. The molecule has 0 aliphatic heterocycles. The van der Waals surface area contributed by atoms with Gasteiger partial charge in [-0.1, -0.05) is 135 Å². The maximum Gasteiger partial charge on any atom is 0.233 e. The van der Waals surface area contributed by atoms with E-state index in [1.165, 1.54) is 29.2 Å². The molecule has 6 nitrogen and oxygen atoms in total. The summed E-state index contributed by atoms with van der Waals surface area (Å²) in [6.45, 7) is 27.5. The van der Waals surface area contributed by atoms with Crippen molar-refractivity contribution in [2.24, 2.45) is 11.8 Å². The number of rotatable bonds is 22. The molecule has 0 spiro atoms. The molecule has 0 aromatic carbocycles. The van der Waals surface area contributed by atoms with Crippen LogP contribution in [-0.2, 0) is 19.2 Å². The summed E-state index contributed by atoms with van der Waals surface area (Å²) in [5, 5.41) is 21.1. The Kier molecular flexibility index (Phi) is 31.1. The highest BCUT2D eigenvalue weighted by molar-refractivity contribution is 6.50. The quantitative estimate of drug-likeness (QED) is 0.0370. The third-order valence-electron chi connectivity index (χ3n) is 10.4. The predicted octanol–water partition coefficient (Wildman–Crippen LogP) is 15.6. The van der Waals surface area contributed by atoms with Crippen LogP contribution in [0.15, 0.2) is 92.1 Å². The molecule has 0 unspecified atom stereocenters. The largest absolute Gasteiger partial charge is 0.507 e. The lowest BCUT2D eigenvalue weighted by Crippen LogP contribution is -2.26. The molecule has 2 aliphatic carbocycles. The van der Waals surface area contributed by atoms with E-state index in [1.54, 1.807) is 0 Å². The second-order valence-electron chi connectivity index (χ2n) is 17.4. The predicted molar refractivity (Wildman–Crippen MR) is 253 cm³/mol. The third-order valence-corrected chi connectivity index (χ3v) is 10.4. The molecule has 0 radical (unpaired) electrons. The summed E-state index contributed by atoms with van der Waals surface area (Å²) in [5.74, 6) is -0.463. The number of hydrogen-bond donors (Lipinski definition) is 2. The minimum atomic E-state index is -0.518. The minimum absolute atomic E-state index is 0. The van der Waals surface area contributed by atoms with Gasteiger partial charge in [-0.15, -0.1) is 0 Å². The van der Waals surface area contributed by atoms with Crippen LogP contribution in [0.1, 0.15) is 207 Å². The van der Waals surface area contributed by atoms with Crippen molar-refractivity contribution in [3.8, 4) is 0 Å². The number of Topliss-reactive ketones (excluding diaryl/α,β-unsaturated/α-hetero) is 3. The highest BCUT2D eigenvalue weighted by atomic mass is 16.3. The summed E-state index contributed by atoms with van der Waals surface area (Å²) in [4.78, 5) is 50.0. The first-order valence-corrected chi connectivity index (χ1v) is 22.4. The van der Waals surface area contributed by atoms with E-state index < -0.39 is 11.6 Å². The maximum atomic E-state index is 12.8. The summed E-state index contributed by atoms with van der Waals surface area (Å²) in [6.07, 6.45) is 24.0. The number of aliphatic hydroxyl groups excluding tert-OH is 2. The van der Waals surface area contributed by atoms with E-state index >= 15 is 0 Å². The molecule has 2 rings (SSSR count). The Morgan fingerprint density at radius 2 is 1.02 bits per heavy atom. The van der Waals surface area contributed by atoms with Gasteiger partial charge in [0.25, 0.3) is 0 Å². The summed E-state index contributed by atoms with van der Waals surface area (Å²) >= 11 is 0. The molecule has 0 saturated carbocycles. The van der Waals surface area contributed by atoms with Crippen LogP contribution in [0.5, 0.6) is 0 Å². The number of ketones is 4. The normalized spacial score (nSPS) is 14.9. The molecule has 2 aliphatic rings. The number of carbonyl (C=O) groups excluding carboxylic acids is 4. The zero-order valence-corrected chi connectivity index (χ0v) is 39.1. The van der Waals surface area contributed by atoms with Crippen LogP contribution >= 0.6 is 0 Å². The average Bonchev–Trinajstić information content (AvgIpc) is 3.15. The van der Waals surface area contributed by atoms with Gasteiger partial charge in [-0.2, -0.15) is 0 Å². The summed E-state index contributed by atoms with van der Waals surface area (Å²) < 4.78 is 0. The second-order valence-corrected chi connectivity index (χ2v) is 17.4. The molecule has 0 aromatic heterocycles. The molecule has 0 fully saturated rings. The van der Waals surface area contributed by atoms with Crippen LogP contribution in [0.4, 0.5) is 0 Å². The van der Waals surface area contributed by atoms with Crippen molar-refractivity contribution in [2.45, 2.75) is 207 Å². The maximum absolute atomic E-state index is 12.8. The summed E-state index contributed by atoms with van der Waals surface area (Å²) in [7, 11) is 0. The van der Waals surface area contributed by atoms with Gasteiger partial charge >= 0.3 is 0 Å². The Balaban J connectivity index is 0. The van der Waals surface area contributed by atoms with Gasteiger partial charge in [-0.3, -0.25) is 19.2 Å². The van der Waals surface area contributed by atoms with Crippen molar-refractivity contribution in [3.63, 3.8) is 0 Å². The molecule has 0 amide bonds. The lowest BCUT2D eigenvalue weighted by atomic mass is 9.82. The monoisotopic (exact) mass is 819 g/mol. The van der Waals surface area contributed by atoms with Crippen molar-refractivity contribution >= 4 is 23.1 Å². The van der Waals surface area contributed by atoms with E-state index in [0.29, 0.717) is 54.7 Å². The Morgan fingerprint density at radius 1 is 0.559 bits per heavy atom. The smallest absolute Gasteiger partial charge is 0.233 e. The van der Waals surface area contributed by atoms with Gasteiger partial charge in [0.15, 0.2) is 11.5 Å². The first-order chi connectivity index (χ1) is 27.3.